The molecular weight excluding hydrogens is 334 g/mol. The molecule has 2 rings (SSSR count). The molecule has 0 bridgehead atoms. The third-order valence-electron chi connectivity index (χ3n) is 3.36. The van der Waals surface area contributed by atoms with Crippen molar-refractivity contribution in [2.75, 3.05) is 26.2 Å². The second-order valence-electron chi connectivity index (χ2n) is 4.80. The Labute approximate surface area is 134 Å². The number of sulfonamides is 1. The van der Waals surface area contributed by atoms with Gasteiger partial charge >= 0.3 is 0 Å². The summed E-state index contributed by atoms with van der Waals surface area (Å²) in [6, 6.07) is 3.82. The maximum absolute atomic E-state index is 12.7. The van der Waals surface area contributed by atoms with Gasteiger partial charge < -0.3 is 10.5 Å². The quantitative estimate of drug-likeness (QED) is 0.629. The monoisotopic (exact) mass is 351 g/mol. The molecule has 1 fully saturated rings. The first-order chi connectivity index (χ1) is 9.86. The maximum Gasteiger partial charge on any atom is 0.270 e. The lowest BCUT2D eigenvalue weighted by Gasteiger charge is -2.31. The molecule has 1 aliphatic rings. The number of hydrogen-bond acceptors (Lipinski definition) is 6. The van der Waals surface area contributed by atoms with Gasteiger partial charge in [-0.05, 0) is 12.5 Å². The molecule has 0 saturated carbocycles. The predicted molar refractivity (Wildman–Crippen MR) is 82.6 cm³/mol. The van der Waals surface area contributed by atoms with E-state index >= 15 is 0 Å². The number of hydrogen-bond donors (Lipinski definition) is 1. The van der Waals surface area contributed by atoms with Crippen molar-refractivity contribution < 1.29 is 18.1 Å². The molecular formula is C12H18ClN3O5S. The molecule has 8 nitrogen and oxygen atoms in total. The Morgan fingerprint density at radius 3 is 2.77 bits per heavy atom. The maximum atomic E-state index is 12.7. The van der Waals surface area contributed by atoms with Gasteiger partial charge in [0.2, 0.25) is 10.0 Å². The van der Waals surface area contributed by atoms with Crippen LogP contribution < -0.4 is 5.73 Å². The van der Waals surface area contributed by atoms with Crippen LogP contribution in [-0.4, -0.2) is 50.0 Å². The third kappa shape index (κ3) is 3.73. The van der Waals surface area contributed by atoms with E-state index in [0.717, 1.165) is 6.07 Å². The fraction of sp³-hybridized carbons (Fsp3) is 0.500. The van der Waals surface area contributed by atoms with E-state index in [-0.39, 0.29) is 55.3 Å². The van der Waals surface area contributed by atoms with E-state index in [1.54, 1.807) is 6.92 Å². The van der Waals surface area contributed by atoms with Crippen LogP contribution in [-0.2, 0) is 14.8 Å². The highest BCUT2D eigenvalue weighted by atomic mass is 35.5. The van der Waals surface area contributed by atoms with Gasteiger partial charge in [-0.3, -0.25) is 10.1 Å². The third-order valence-corrected chi connectivity index (χ3v) is 5.37. The van der Waals surface area contributed by atoms with Crippen molar-refractivity contribution in [1.82, 2.24) is 4.31 Å². The summed E-state index contributed by atoms with van der Waals surface area (Å²) in [5.41, 5.74) is 5.73. The number of morpholine rings is 1. The average molecular weight is 352 g/mol. The number of aryl methyl sites for hydroxylation is 1. The molecule has 1 unspecified atom stereocenters. The van der Waals surface area contributed by atoms with E-state index in [0.29, 0.717) is 5.56 Å². The van der Waals surface area contributed by atoms with Gasteiger partial charge in [0.25, 0.3) is 5.69 Å². The molecule has 1 aliphatic heterocycles. The molecule has 10 heteroatoms. The van der Waals surface area contributed by atoms with Crippen LogP contribution in [0.5, 0.6) is 0 Å². The van der Waals surface area contributed by atoms with Gasteiger partial charge in [0.15, 0.2) is 0 Å². The van der Waals surface area contributed by atoms with Crippen molar-refractivity contribution in [3.8, 4) is 0 Å². The minimum atomic E-state index is -3.80. The largest absolute Gasteiger partial charge is 0.374 e. The predicted octanol–water partition coefficient (Wildman–Crippen LogP) is 0.673. The summed E-state index contributed by atoms with van der Waals surface area (Å²) in [7, 11) is -3.80. The molecule has 0 aliphatic carbocycles. The number of nitrogens with two attached hydrogens (primary N) is 1. The van der Waals surface area contributed by atoms with Crippen LogP contribution in [0.2, 0.25) is 0 Å². The Morgan fingerprint density at radius 1 is 1.50 bits per heavy atom. The smallest absolute Gasteiger partial charge is 0.270 e. The normalized spacial score (nSPS) is 19.5. The zero-order valence-electron chi connectivity index (χ0n) is 12.0. The Hall–Kier alpha value is -1.26. The van der Waals surface area contributed by atoms with Crippen molar-refractivity contribution in [3.63, 3.8) is 0 Å². The summed E-state index contributed by atoms with van der Waals surface area (Å²) in [5.74, 6) is 0. The lowest BCUT2D eigenvalue weighted by Crippen LogP contribution is -2.48. The molecule has 2 N–H and O–H groups in total. The highest BCUT2D eigenvalue weighted by molar-refractivity contribution is 7.89. The number of non-ortho nitro benzene ring substituents is 1. The SMILES string of the molecule is Cc1ccc([N+](=O)[O-])cc1S(=O)(=O)N1CCOC(CN)C1.Cl. The van der Waals surface area contributed by atoms with Crippen molar-refractivity contribution in [2.45, 2.75) is 17.9 Å². The van der Waals surface area contributed by atoms with E-state index in [1.165, 1.54) is 16.4 Å². The summed E-state index contributed by atoms with van der Waals surface area (Å²) in [4.78, 5) is 10.2. The molecule has 1 heterocycles. The molecule has 1 aromatic rings. The van der Waals surface area contributed by atoms with Crippen LogP contribution >= 0.6 is 12.4 Å². The van der Waals surface area contributed by atoms with Crippen LogP contribution in [0.15, 0.2) is 23.1 Å². The van der Waals surface area contributed by atoms with Gasteiger partial charge in [-0.25, -0.2) is 8.42 Å². The minimum Gasteiger partial charge on any atom is -0.374 e. The summed E-state index contributed by atoms with van der Waals surface area (Å²) in [5, 5.41) is 10.8. The Balaban J connectivity index is 0.00000242. The van der Waals surface area contributed by atoms with Crippen LogP contribution in [0.25, 0.3) is 0 Å². The minimum absolute atomic E-state index is 0. The van der Waals surface area contributed by atoms with Crippen LogP contribution in [0.1, 0.15) is 5.56 Å². The first kappa shape index (κ1) is 18.8. The first-order valence-corrected chi connectivity index (χ1v) is 7.87. The zero-order chi connectivity index (χ0) is 15.6. The molecule has 0 aromatic heterocycles. The number of ether oxygens (including phenoxy) is 1. The van der Waals surface area contributed by atoms with Gasteiger partial charge in [0, 0.05) is 31.8 Å². The molecule has 1 atom stereocenters. The second kappa shape index (κ2) is 7.34. The molecule has 124 valence electrons. The number of nitrogens with zero attached hydrogens (tertiary/aromatic N) is 2. The summed E-state index contributed by atoms with van der Waals surface area (Å²) in [6.45, 7) is 2.45. The van der Waals surface area contributed by atoms with Gasteiger partial charge in [-0.1, -0.05) is 6.07 Å². The number of benzene rings is 1. The van der Waals surface area contributed by atoms with Crippen molar-refractivity contribution in [3.05, 3.63) is 33.9 Å². The summed E-state index contributed by atoms with van der Waals surface area (Å²) in [6.07, 6.45) is -0.354. The zero-order valence-corrected chi connectivity index (χ0v) is 13.6. The molecule has 1 aromatic carbocycles. The highest BCUT2D eigenvalue weighted by Gasteiger charge is 2.32. The van der Waals surface area contributed by atoms with Crippen LogP contribution in [0.4, 0.5) is 5.69 Å². The number of nitro groups is 1. The fourth-order valence-electron chi connectivity index (χ4n) is 2.17. The van der Waals surface area contributed by atoms with E-state index in [9.17, 15) is 18.5 Å². The van der Waals surface area contributed by atoms with Gasteiger partial charge in [-0.2, -0.15) is 4.31 Å². The number of halogens is 1. The van der Waals surface area contributed by atoms with Gasteiger partial charge in [-0.15, -0.1) is 12.4 Å². The Kier molecular flexibility index (Phi) is 6.27. The van der Waals surface area contributed by atoms with E-state index < -0.39 is 14.9 Å². The topological polar surface area (TPSA) is 116 Å². The van der Waals surface area contributed by atoms with Crippen molar-refractivity contribution in [1.29, 1.82) is 0 Å². The average Bonchev–Trinajstić information content (AvgIpc) is 2.47. The van der Waals surface area contributed by atoms with Crippen molar-refractivity contribution >= 4 is 28.1 Å². The van der Waals surface area contributed by atoms with Crippen molar-refractivity contribution in [2.24, 2.45) is 5.73 Å². The van der Waals surface area contributed by atoms with Crippen LogP contribution in [0, 0.1) is 17.0 Å². The van der Waals surface area contributed by atoms with E-state index in [2.05, 4.69) is 0 Å². The number of rotatable bonds is 4. The van der Waals surface area contributed by atoms with Crippen LogP contribution in [0.3, 0.4) is 0 Å². The lowest BCUT2D eigenvalue weighted by atomic mass is 10.2. The summed E-state index contributed by atoms with van der Waals surface area (Å²) >= 11 is 0. The highest BCUT2D eigenvalue weighted by Crippen LogP contribution is 2.25. The molecule has 0 radical (unpaired) electrons. The van der Waals surface area contributed by atoms with E-state index in [4.69, 9.17) is 10.5 Å². The Bertz CT molecular complexity index is 652. The molecule has 0 amide bonds. The van der Waals surface area contributed by atoms with E-state index in [1.807, 2.05) is 0 Å². The van der Waals surface area contributed by atoms with Gasteiger partial charge in [0.05, 0.1) is 22.5 Å². The number of nitro benzene ring substituents is 1. The second-order valence-corrected chi connectivity index (χ2v) is 6.70. The molecule has 0 spiro atoms. The Morgan fingerprint density at radius 2 is 2.18 bits per heavy atom. The first-order valence-electron chi connectivity index (χ1n) is 6.43. The molecule has 1 saturated heterocycles. The molecule has 22 heavy (non-hydrogen) atoms. The standard InChI is InChI=1S/C12H17N3O5S.ClH/c1-9-2-3-10(15(16)17)6-12(9)21(18,19)14-4-5-20-11(7-13)8-14;/h2-3,6,11H,4-5,7-8,13H2,1H3;1H. The fourth-order valence-corrected chi connectivity index (χ4v) is 3.87. The lowest BCUT2D eigenvalue weighted by molar-refractivity contribution is -0.385. The summed E-state index contributed by atoms with van der Waals surface area (Å²) < 4.78 is 31.9. The van der Waals surface area contributed by atoms with Gasteiger partial charge in [0.1, 0.15) is 0 Å².